The van der Waals surface area contributed by atoms with Crippen LogP contribution in [0.4, 0.5) is 0 Å². The lowest BCUT2D eigenvalue weighted by molar-refractivity contribution is 0.0847. The number of ketones is 1. The van der Waals surface area contributed by atoms with Crippen molar-refractivity contribution in [2.45, 2.75) is 26.1 Å². The van der Waals surface area contributed by atoms with Crippen LogP contribution in [0.2, 0.25) is 5.02 Å². The van der Waals surface area contributed by atoms with E-state index in [0.717, 1.165) is 11.1 Å². The molecule has 0 radical (unpaired) electrons. The monoisotopic (exact) mass is 404 g/mol. The highest BCUT2D eigenvalue weighted by Gasteiger charge is 2.30. The molecular weight excluding hydrogens is 388 g/mol. The van der Waals surface area contributed by atoms with Crippen molar-refractivity contribution in [2.24, 2.45) is 0 Å². The van der Waals surface area contributed by atoms with Crippen LogP contribution in [-0.2, 0) is 6.61 Å². The van der Waals surface area contributed by atoms with Crippen molar-refractivity contribution in [1.82, 2.24) is 4.98 Å². The molecule has 144 valence electrons. The maximum absolute atomic E-state index is 12.7. The van der Waals surface area contributed by atoms with Crippen molar-refractivity contribution in [3.8, 4) is 17.6 Å². The summed E-state index contributed by atoms with van der Waals surface area (Å²) in [5, 5.41) is 9.49. The second-order valence-electron chi connectivity index (χ2n) is 6.79. The summed E-state index contributed by atoms with van der Waals surface area (Å²) in [6.07, 6.45) is 1.43. The van der Waals surface area contributed by atoms with Crippen LogP contribution >= 0.6 is 11.6 Å². The summed E-state index contributed by atoms with van der Waals surface area (Å²) in [6, 6.07) is 16.3. The van der Waals surface area contributed by atoms with E-state index in [2.05, 4.69) is 4.98 Å². The molecule has 2 aromatic carbocycles. The molecule has 4 rings (SSSR count). The fourth-order valence-corrected chi connectivity index (χ4v) is 3.38. The van der Waals surface area contributed by atoms with Gasteiger partial charge in [-0.15, -0.1) is 0 Å². The van der Waals surface area contributed by atoms with Gasteiger partial charge in [0.25, 0.3) is 0 Å². The van der Waals surface area contributed by atoms with Crippen molar-refractivity contribution >= 4 is 17.4 Å². The van der Waals surface area contributed by atoms with Crippen molar-refractivity contribution in [2.75, 3.05) is 0 Å². The third-order valence-electron chi connectivity index (χ3n) is 4.86. The lowest BCUT2D eigenvalue weighted by Gasteiger charge is -2.27. The second-order valence-corrected chi connectivity index (χ2v) is 7.23. The molecule has 0 aliphatic carbocycles. The Labute approximate surface area is 173 Å². The molecule has 0 bridgehead atoms. The Morgan fingerprint density at radius 2 is 2.00 bits per heavy atom. The van der Waals surface area contributed by atoms with E-state index in [-0.39, 0.29) is 24.9 Å². The average molecular weight is 405 g/mol. The number of aromatic nitrogens is 1. The number of nitrogens with zero attached hydrogens (tertiary/aromatic N) is 2. The number of hydrogen-bond donors (Lipinski definition) is 0. The third kappa shape index (κ3) is 3.94. The molecule has 0 amide bonds. The quantitative estimate of drug-likeness (QED) is 0.597. The van der Waals surface area contributed by atoms with Gasteiger partial charge in [-0.2, -0.15) is 5.26 Å². The first-order valence-corrected chi connectivity index (χ1v) is 9.49. The van der Waals surface area contributed by atoms with E-state index in [0.29, 0.717) is 33.3 Å². The molecule has 1 aliphatic heterocycles. The Kier molecular flexibility index (Phi) is 5.20. The maximum Gasteiger partial charge on any atom is 0.170 e. The maximum atomic E-state index is 12.7. The number of hydrogen-bond acceptors (Lipinski definition) is 5. The zero-order chi connectivity index (χ0) is 20.4. The van der Waals surface area contributed by atoms with E-state index in [1.807, 2.05) is 25.1 Å². The van der Waals surface area contributed by atoms with Gasteiger partial charge < -0.3 is 9.47 Å². The van der Waals surface area contributed by atoms with Gasteiger partial charge in [-0.3, -0.25) is 9.78 Å². The number of ether oxygens (including phenoxy) is 2. The summed E-state index contributed by atoms with van der Waals surface area (Å²) >= 11 is 5.96. The van der Waals surface area contributed by atoms with Gasteiger partial charge in [-0.1, -0.05) is 23.7 Å². The van der Waals surface area contributed by atoms with Gasteiger partial charge in [0, 0.05) is 16.8 Å². The highest BCUT2D eigenvalue weighted by atomic mass is 35.5. The van der Waals surface area contributed by atoms with Crippen LogP contribution in [0.25, 0.3) is 0 Å². The Morgan fingerprint density at radius 1 is 1.21 bits per heavy atom. The summed E-state index contributed by atoms with van der Waals surface area (Å²) in [5.74, 6) is 1.21. The normalized spacial score (nSPS) is 15.2. The molecule has 2 heterocycles. The highest BCUT2D eigenvalue weighted by molar-refractivity contribution is 6.30. The summed E-state index contributed by atoms with van der Waals surface area (Å²) in [4.78, 5) is 16.9. The number of carbonyl (C=O) groups is 1. The van der Waals surface area contributed by atoms with Gasteiger partial charge in [-0.05, 0) is 48.9 Å². The van der Waals surface area contributed by atoms with Gasteiger partial charge in [-0.25, -0.2) is 0 Å². The van der Waals surface area contributed by atoms with Gasteiger partial charge in [0.1, 0.15) is 30.3 Å². The molecule has 0 N–H and O–H groups in total. The number of benzene rings is 2. The smallest absolute Gasteiger partial charge is 0.170 e. The van der Waals surface area contributed by atoms with E-state index in [1.54, 1.807) is 36.4 Å². The molecule has 0 saturated heterocycles. The molecular formula is C23H17ClN2O3. The Bertz CT molecular complexity index is 1100. The zero-order valence-electron chi connectivity index (χ0n) is 15.7. The minimum absolute atomic E-state index is 0.0367. The molecule has 6 heteroatoms. The fraction of sp³-hybridized carbons (Fsp3) is 0.174. The van der Waals surface area contributed by atoms with Crippen molar-refractivity contribution in [3.63, 3.8) is 0 Å². The molecule has 0 spiro atoms. The van der Waals surface area contributed by atoms with E-state index in [1.165, 1.54) is 6.20 Å². The van der Waals surface area contributed by atoms with Crippen molar-refractivity contribution < 1.29 is 14.3 Å². The predicted octanol–water partition coefficient (Wildman–Crippen LogP) is 5.20. The first-order chi connectivity index (χ1) is 14.0. The van der Waals surface area contributed by atoms with Crippen LogP contribution in [-0.4, -0.2) is 10.8 Å². The van der Waals surface area contributed by atoms with E-state index < -0.39 is 0 Å². The Balaban J connectivity index is 1.56. The zero-order valence-corrected chi connectivity index (χ0v) is 16.4. The highest BCUT2D eigenvalue weighted by Crippen LogP contribution is 2.40. The van der Waals surface area contributed by atoms with Gasteiger partial charge in [0.2, 0.25) is 0 Å². The van der Waals surface area contributed by atoms with Gasteiger partial charge in [0.05, 0.1) is 23.2 Å². The van der Waals surface area contributed by atoms with E-state index >= 15 is 0 Å². The molecule has 29 heavy (non-hydrogen) atoms. The molecule has 5 nitrogen and oxygen atoms in total. The van der Waals surface area contributed by atoms with Crippen LogP contribution in [0.15, 0.2) is 54.7 Å². The number of nitriles is 1. The standard InChI is InChI=1S/C23H17ClN2O3/c1-14-21(28-13-18-7-2-15(11-25)12-26-18)9-8-19-20(27)10-22(29-23(14)19)16-3-5-17(24)6-4-16/h2-9,12,22H,10,13H2,1H3. The molecule has 1 aromatic heterocycles. The van der Waals surface area contributed by atoms with Crippen LogP contribution in [0, 0.1) is 18.3 Å². The fourth-order valence-electron chi connectivity index (χ4n) is 3.25. The van der Waals surface area contributed by atoms with Crippen LogP contribution in [0.1, 0.15) is 45.3 Å². The molecule has 1 unspecified atom stereocenters. The van der Waals surface area contributed by atoms with Gasteiger partial charge >= 0.3 is 0 Å². The van der Waals surface area contributed by atoms with Crippen molar-refractivity contribution in [1.29, 1.82) is 5.26 Å². The first kappa shape index (κ1) is 19.0. The Hall–Kier alpha value is -3.36. The van der Waals surface area contributed by atoms with Crippen LogP contribution in [0.3, 0.4) is 0 Å². The lowest BCUT2D eigenvalue weighted by Crippen LogP contribution is -2.21. The number of halogens is 1. The summed E-state index contributed by atoms with van der Waals surface area (Å²) in [6.45, 7) is 2.12. The van der Waals surface area contributed by atoms with Gasteiger partial charge in [0.15, 0.2) is 5.78 Å². The molecule has 3 aromatic rings. The number of Topliss-reactive ketones (excluding diaryl/α,β-unsaturated/α-hetero) is 1. The molecule has 0 fully saturated rings. The van der Waals surface area contributed by atoms with Crippen LogP contribution < -0.4 is 9.47 Å². The third-order valence-corrected chi connectivity index (χ3v) is 5.11. The minimum Gasteiger partial charge on any atom is -0.487 e. The van der Waals surface area contributed by atoms with Crippen molar-refractivity contribution in [3.05, 3.63) is 87.7 Å². The number of fused-ring (bicyclic) bond motifs is 1. The first-order valence-electron chi connectivity index (χ1n) is 9.12. The van der Waals surface area contributed by atoms with E-state index in [4.69, 9.17) is 26.3 Å². The van der Waals surface area contributed by atoms with Crippen LogP contribution in [0.5, 0.6) is 11.5 Å². The molecule has 1 aliphatic rings. The van der Waals surface area contributed by atoms with E-state index in [9.17, 15) is 4.79 Å². The number of rotatable bonds is 4. The SMILES string of the molecule is Cc1c(OCc2ccc(C#N)cn2)ccc2c1OC(c1ccc(Cl)cc1)CC2=O. The molecule has 0 saturated carbocycles. The lowest BCUT2D eigenvalue weighted by atomic mass is 9.94. The number of pyridine rings is 1. The topological polar surface area (TPSA) is 72.2 Å². The number of carbonyl (C=O) groups excluding carboxylic acids is 1. The molecule has 1 atom stereocenters. The predicted molar refractivity (Wildman–Crippen MR) is 108 cm³/mol. The largest absolute Gasteiger partial charge is 0.487 e. The second kappa shape index (κ2) is 7.94. The Morgan fingerprint density at radius 3 is 2.69 bits per heavy atom. The summed E-state index contributed by atoms with van der Waals surface area (Å²) in [7, 11) is 0. The minimum atomic E-state index is -0.360. The average Bonchev–Trinajstić information content (AvgIpc) is 2.74. The summed E-state index contributed by atoms with van der Waals surface area (Å²) < 4.78 is 12.1. The summed E-state index contributed by atoms with van der Waals surface area (Å²) in [5.41, 5.74) is 3.44.